The van der Waals surface area contributed by atoms with Crippen LogP contribution in [0, 0.1) is 0 Å². The van der Waals surface area contributed by atoms with E-state index in [0.717, 1.165) is 0 Å². The summed E-state index contributed by atoms with van der Waals surface area (Å²) in [4.78, 5) is 0. The van der Waals surface area contributed by atoms with Crippen molar-refractivity contribution in [1.82, 2.24) is 20.4 Å². The molecule has 0 amide bonds. The average molecular weight is 338 g/mol. The molecule has 19 heavy (non-hydrogen) atoms. The summed E-state index contributed by atoms with van der Waals surface area (Å²) < 4.78 is 73.0. The van der Waals surface area contributed by atoms with Gasteiger partial charge in [-0.2, -0.15) is 26.3 Å². The van der Waals surface area contributed by atoms with Gasteiger partial charge in [0.15, 0.2) is 8.68 Å². The van der Waals surface area contributed by atoms with Gasteiger partial charge in [0.25, 0.3) is 0 Å². The molecule has 0 aliphatic heterocycles. The molecule has 0 unspecified atom stereocenters. The Bertz CT molecular complexity index is 522. The van der Waals surface area contributed by atoms with E-state index in [1.807, 2.05) is 0 Å². The first kappa shape index (κ1) is 14.5. The van der Waals surface area contributed by atoms with Crippen molar-refractivity contribution in [3.05, 3.63) is 10.0 Å². The molecule has 0 spiro atoms. The summed E-state index contributed by atoms with van der Waals surface area (Å²) in [6, 6.07) is 0. The number of nitrogens with zero attached hydrogens (tertiary/aromatic N) is 4. The van der Waals surface area contributed by atoms with Crippen LogP contribution in [0.15, 0.2) is 8.68 Å². The Morgan fingerprint density at radius 1 is 0.684 bits per heavy atom. The lowest BCUT2D eigenvalue weighted by molar-refractivity contribution is -0.138. The van der Waals surface area contributed by atoms with Crippen molar-refractivity contribution >= 4 is 34.4 Å². The minimum Gasteiger partial charge on any atom is -0.164 e. The summed E-state index contributed by atoms with van der Waals surface area (Å²) in [6.07, 6.45) is -9.26. The zero-order chi connectivity index (χ0) is 14.3. The molecule has 0 fully saturated rings. The Morgan fingerprint density at radius 2 is 1.05 bits per heavy atom. The van der Waals surface area contributed by atoms with Gasteiger partial charge in [-0.15, -0.1) is 20.4 Å². The van der Waals surface area contributed by atoms with Gasteiger partial charge in [0.05, 0.1) is 0 Å². The number of hydrogen-bond donors (Lipinski definition) is 0. The molecule has 2 aromatic rings. The van der Waals surface area contributed by atoms with Gasteiger partial charge < -0.3 is 0 Å². The van der Waals surface area contributed by atoms with Crippen molar-refractivity contribution in [2.75, 3.05) is 0 Å². The highest BCUT2D eigenvalue weighted by atomic mass is 32.2. The maximum atomic E-state index is 12.2. The van der Waals surface area contributed by atoms with Crippen molar-refractivity contribution in [3.8, 4) is 0 Å². The molecule has 104 valence electrons. The van der Waals surface area contributed by atoms with Crippen LogP contribution in [0.4, 0.5) is 26.3 Å². The van der Waals surface area contributed by atoms with E-state index in [-0.39, 0.29) is 31.4 Å². The normalized spacial score (nSPS) is 12.9. The van der Waals surface area contributed by atoms with Crippen molar-refractivity contribution in [3.63, 3.8) is 0 Å². The molecule has 0 saturated heterocycles. The number of halogens is 6. The standard InChI is InChI=1S/C6F6N4S3/c7-5(8,9)1-13-15-3(17-1)19-4-16-14-2(18-4)6(10,11)12. The van der Waals surface area contributed by atoms with Gasteiger partial charge in [0.1, 0.15) is 0 Å². The molecule has 0 aromatic carbocycles. The summed E-state index contributed by atoms with van der Waals surface area (Å²) in [5, 5.41) is 9.89. The van der Waals surface area contributed by atoms with Gasteiger partial charge >= 0.3 is 12.4 Å². The highest BCUT2D eigenvalue weighted by molar-refractivity contribution is 8.02. The zero-order valence-corrected chi connectivity index (χ0v) is 10.7. The van der Waals surface area contributed by atoms with Crippen LogP contribution in [0.5, 0.6) is 0 Å². The van der Waals surface area contributed by atoms with Gasteiger partial charge in [-0.05, 0) is 11.8 Å². The minimum absolute atomic E-state index is 0.155. The summed E-state index contributed by atoms with van der Waals surface area (Å²) in [5.74, 6) is 0. The number of hydrogen-bond acceptors (Lipinski definition) is 7. The number of aromatic nitrogens is 4. The van der Waals surface area contributed by atoms with E-state index in [4.69, 9.17) is 0 Å². The van der Waals surface area contributed by atoms with Crippen LogP contribution in [0.3, 0.4) is 0 Å². The second-order valence-corrected chi connectivity index (χ2v) is 6.29. The van der Waals surface area contributed by atoms with Crippen LogP contribution in [0.2, 0.25) is 0 Å². The van der Waals surface area contributed by atoms with Gasteiger partial charge in [-0.1, -0.05) is 22.7 Å². The fourth-order valence-corrected chi connectivity index (χ4v) is 3.45. The van der Waals surface area contributed by atoms with Crippen molar-refractivity contribution in [2.24, 2.45) is 0 Å². The van der Waals surface area contributed by atoms with E-state index in [9.17, 15) is 26.3 Å². The third-order valence-electron chi connectivity index (χ3n) is 1.47. The quantitative estimate of drug-likeness (QED) is 0.784. The SMILES string of the molecule is FC(F)(F)c1nnc(Sc2nnc(C(F)(F)F)s2)s1. The van der Waals surface area contributed by atoms with E-state index in [1.165, 1.54) is 0 Å². The molecule has 0 aliphatic rings. The molecule has 0 bridgehead atoms. The fourth-order valence-electron chi connectivity index (χ4n) is 0.806. The molecule has 2 rings (SSSR count). The molecule has 0 N–H and O–H groups in total. The molecule has 0 radical (unpaired) electrons. The van der Waals surface area contributed by atoms with Crippen LogP contribution in [0.25, 0.3) is 0 Å². The predicted molar refractivity (Wildman–Crippen MR) is 53.9 cm³/mol. The van der Waals surface area contributed by atoms with Crippen molar-refractivity contribution < 1.29 is 26.3 Å². The van der Waals surface area contributed by atoms with Crippen LogP contribution in [-0.4, -0.2) is 20.4 Å². The summed E-state index contributed by atoms with van der Waals surface area (Å²) >= 11 is 1.00. The highest BCUT2D eigenvalue weighted by Gasteiger charge is 2.37. The summed E-state index contributed by atoms with van der Waals surface area (Å²) in [6.45, 7) is 0. The third-order valence-corrected chi connectivity index (χ3v) is 4.51. The molecule has 0 aliphatic carbocycles. The lowest BCUT2D eigenvalue weighted by Gasteiger charge is -1.97. The molecular weight excluding hydrogens is 338 g/mol. The summed E-state index contributed by atoms with van der Waals surface area (Å²) in [7, 11) is 0. The smallest absolute Gasteiger partial charge is 0.164 e. The molecular formula is C6F6N4S3. The second-order valence-electron chi connectivity index (χ2n) is 2.84. The van der Waals surface area contributed by atoms with Crippen LogP contribution < -0.4 is 0 Å². The Hall–Kier alpha value is -0.950. The van der Waals surface area contributed by atoms with Gasteiger partial charge in [0.2, 0.25) is 10.0 Å². The molecule has 0 saturated carbocycles. The summed E-state index contributed by atoms with van der Waals surface area (Å²) in [5.41, 5.74) is 0. The van der Waals surface area contributed by atoms with E-state index in [2.05, 4.69) is 20.4 Å². The third kappa shape index (κ3) is 3.54. The molecule has 13 heteroatoms. The van der Waals surface area contributed by atoms with E-state index in [1.54, 1.807) is 0 Å². The highest BCUT2D eigenvalue weighted by Crippen LogP contribution is 2.40. The predicted octanol–water partition coefficient (Wildman–Crippen LogP) is 3.58. The fraction of sp³-hybridized carbons (Fsp3) is 0.333. The van der Waals surface area contributed by atoms with Crippen molar-refractivity contribution in [2.45, 2.75) is 21.0 Å². The van der Waals surface area contributed by atoms with Crippen molar-refractivity contribution in [1.29, 1.82) is 0 Å². The number of alkyl halides is 6. The first-order valence-corrected chi connectivity index (χ1v) is 6.60. The lowest BCUT2D eigenvalue weighted by Crippen LogP contribution is -2.03. The van der Waals surface area contributed by atoms with Crippen LogP contribution in [-0.2, 0) is 12.4 Å². The minimum atomic E-state index is -4.63. The Morgan fingerprint density at radius 3 is 1.32 bits per heavy atom. The van der Waals surface area contributed by atoms with Crippen LogP contribution in [0.1, 0.15) is 10.0 Å². The Labute approximate surface area is 112 Å². The molecule has 2 heterocycles. The maximum Gasteiger partial charge on any atom is 0.445 e. The first-order valence-electron chi connectivity index (χ1n) is 4.15. The Balaban J connectivity index is 2.14. The molecule has 4 nitrogen and oxygen atoms in total. The first-order chi connectivity index (χ1) is 8.66. The lowest BCUT2D eigenvalue weighted by atomic mass is 10.7. The molecule has 0 atom stereocenters. The van der Waals surface area contributed by atoms with E-state index < -0.39 is 22.4 Å². The largest absolute Gasteiger partial charge is 0.445 e. The van der Waals surface area contributed by atoms with Gasteiger partial charge in [-0.25, -0.2) is 0 Å². The Kier molecular flexibility index (Phi) is 3.70. The maximum absolute atomic E-state index is 12.2. The van der Waals surface area contributed by atoms with Gasteiger partial charge in [0, 0.05) is 0 Å². The second kappa shape index (κ2) is 4.86. The average Bonchev–Trinajstić information content (AvgIpc) is 2.84. The van der Waals surface area contributed by atoms with Crippen LogP contribution >= 0.6 is 34.4 Å². The number of rotatable bonds is 2. The zero-order valence-electron chi connectivity index (χ0n) is 8.28. The monoisotopic (exact) mass is 338 g/mol. The molecule has 2 aromatic heterocycles. The van der Waals surface area contributed by atoms with E-state index in [0.29, 0.717) is 11.8 Å². The van der Waals surface area contributed by atoms with E-state index >= 15 is 0 Å². The van der Waals surface area contributed by atoms with Gasteiger partial charge in [-0.3, -0.25) is 0 Å². The topological polar surface area (TPSA) is 51.6 Å².